The van der Waals surface area contributed by atoms with E-state index < -0.39 is 5.69 Å². The van der Waals surface area contributed by atoms with Gasteiger partial charge in [0.05, 0.1) is 13.1 Å². The summed E-state index contributed by atoms with van der Waals surface area (Å²) in [5, 5.41) is 0. The van der Waals surface area contributed by atoms with Crippen LogP contribution in [0, 0.1) is 0 Å². The SMILES string of the molecule is Cn1c(=O)[nH]c2c(c1=O)n(Cc1ccccc1)c[n+]2Cc1ccccc1.[Cl-]. The van der Waals surface area contributed by atoms with Gasteiger partial charge < -0.3 is 12.4 Å². The zero-order chi connectivity index (χ0) is 18.1. The molecule has 4 rings (SSSR count). The number of benzene rings is 2. The molecule has 0 saturated heterocycles. The lowest BCUT2D eigenvalue weighted by Crippen LogP contribution is -3.00. The topological polar surface area (TPSA) is 63.7 Å². The Balaban J connectivity index is 0.00000210. The molecule has 0 aliphatic rings. The highest BCUT2D eigenvalue weighted by Crippen LogP contribution is 2.08. The maximum atomic E-state index is 12.7. The van der Waals surface area contributed by atoms with Crippen molar-refractivity contribution in [2.45, 2.75) is 13.1 Å². The smallest absolute Gasteiger partial charge is 0.386 e. The number of aromatic amines is 1. The average molecular weight is 383 g/mol. The van der Waals surface area contributed by atoms with Gasteiger partial charge in [-0.05, 0) is 11.1 Å². The molecule has 0 aliphatic carbocycles. The van der Waals surface area contributed by atoms with Crippen molar-refractivity contribution in [3.05, 3.63) is 99.0 Å². The molecule has 4 aromatic rings. The Morgan fingerprint density at radius 1 is 0.926 bits per heavy atom. The van der Waals surface area contributed by atoms with Gasteiger partial charge in [-0.2, -0.15) is 0 Å². The fraction of sp³-hybridized carbons (Fsp3) is 0.150. The van der Waals surface area contributed by atoms with Crippen molar-refractivity contribution in [2.24, 2.45) is 7.05 Å². The lowest BCUT2D eigenvalue weighted by molar-refractivity contribution is -0.665. The van der Waals surface area contributed by atoms with Crippen molar-refractivity contribution < 1.29 is 17.0 Å². The Morgan fingerprint density at radius 2 is 1.52 bits per heavy atom. The van der Waals surface area contributed by atoms with Gasteiger partial charge in [0.15, 0.2) is 6.33 Å². The van der Waals surface area contributed by atoms with Gasteiger partial charge in [0, 0.05) is 7.05 Å². The Kier molecular flexibility index (Phi) is 5.28. The van der Waals surface area contributed by atoms with Gasteiger partial charge >= 0.3 is 11.2 Å². The number of hydrogen-bond acceptors (Lipinski definition) is 2. The van der Waals surface area contributed by atoms with Crippen molar-refractivity contribution in [1.82, 2.24) is 14.1 Å². The molecule has 0 atom stereocenters. The minimum Gasteiger partial charge on any atom is -1.00 e. The van der Waals surface area contributed by atoms with Gasteiger partial charge in [-0.1, -0.05) is 60.7 Å². The highest BCUT2D eigenvalue weighted by molar-refractivity contribution is 5.65. The molecule has 2 heterocycles. The van der Waals surface area contributed by atoms with Crippen LogP contribution in [0.1, 0.15) is 11.1 Å². The third-order valence-corrected chi connectivity index (χ3v) is 4.51. The summed E-state index contributed by atoms with van der Waals surface area (Å²) < 4.78 is 4.92. The predicted octanol–water partition coefficient (Wildman–Crippen LogP) is -1.58. The molecule has 0 spiro atoms. The van der Waals surface area contributed by atoms with E-state index in [1.807, 2.05) is 76.1 Å². The van der Waals surface area contributed by atoms with Crippen LogP contribution in [0.5, 0.6) is 0 Å². The van der Waals surface area contributed by atoms with E-state index in [0.29, 0.717) is 24.3 Å². The van der Waals surface area contributed by atoms with E-state index in [1.165, 1.54) is 7.05 Å². The Hall–Kier alpha value is -3.12. The van der Waals surface area contributed by atoms with E-state index in [0.717, 1.165) is 15.7 Å². The van der Waals surface area contributed by atoms with Gasteiger partial charge in [0.2, 0.25) is 5.52 Å². The second-order valence-corrected chi connectivity index (χ2v) is 6.33. The second-order valence-electron chi connectivity index (χ2n) is 6.33. The molecule has 0 saturated carbocycles. The molecule has 0 amide bonds. The third kappa shape index (κ3) is 3.57. The van der Waals surface area contributed by atoms with Gasteiger partial charge in [-0.3, -0.25) is 9.36 Å². The maximum absolute atomic E-state index is 12.7. The van der Waals surface area contributed by atoms with Gasteiger partial charge in [-0.25, -0.2) is 18.9 Å². The average Bonchev–Trinajstić information content (AvgIpc) is 2.98. The first-order valence-corrected chi connectivity index (χ1v) is 8.43. The molecule has 6 nitrogen and oxygen atoms in total. The molecule has 0 aliphatic heterocycles. The Morgan fingerprint density at radius 3 is 2.15 bits per heavy atom. The van der Waals surface area contributed by atoms with Crippen molar-refractivity contribution in [2.75, 3.05) is 0 Å². The molecule has 7 heteroatoms. The summed E-state index contributed by atoms with van der Waals surface area (Å²) in [6, 6.07) is 19.9. The Bertz CT molecular complexity index is 1180. The highest BCUT2D eigenvalue weighted by atomic mass is 35.5. The molecular weight excluding hydrogens is 364 g/mol. The summed E-state index contributed by atoms with van der Waals surface area (Å²) in [5.41, 5.74) is 2.50. The van der Waals surface area contributed by atoms with Crippen molar-refractivity contribution in [3.8, 4) is 0 Å². The normalized spacial score (nSPS) is 10.7. The number of hydrogen-bond donors (Lipinski definition) is 1. The monoisotopic (exact) mass is 382 g/mol. The number of fused-ring (bicyclic) bond motifs is 1. The number of halogens is 1. The number of aromatic nitrogens is 4. The lowest BCUT2D eigenvalue weighted by Gasteiger charge is -2.00. The molecule has 0 bridgehead atoms. The number of rotatable bonds is 4. The standard InChI is InChI=1S/C20H18N4O2.ClH/c1-22-19(25)17-18(21-20(22)26)24(13-16-10-6-3-7-11-16)14-23(17)12-15-8-4-2-5-9-15;/h2-11,14H,12-13H2,1H3;1H. The highest BCUT2D eigenvalue weighted by Gasteiger charge is 2.21. The number of imidazole rings is 1. The van der Waals surface area contributed by atoms with Gasteiger partial charge in [-0.15, -0.1) is 0 Å². The largest absolute Gasteiger partial charge is 1.00 e. The van der Waals surface area contributed by atoms with E-state index in [2.05, 4.69) is 4.98 Å². The summed E-state index contributed by atoms with van der Waals surface area (Å²) >= 11 is 0. The van der Waals surface area contributed by atoms with Crippen LogP contribution in [0.3, 0.4) is 0 Å². The molecule has 138 valence electrons. The molecule has 2 aromatic heterocycles. The fourth-order valence-electron chi connectivity index (χ4n) is 3.15. The van der Waals surface area contributed by atoms with Crippen molar-refractivity contribution in [1.29, 1.82) is 0 Å². The van der Waals surface area contributed by atoms with Crippen LogP contribution < -0.4 is 28.2 Å². The molecule has 0 radical (unpaired) electrons. The summed E-state index contributed by atoms with van der Waals surface area (Å²) in [6.45, 7) is 1.13. The zero-order valence-corrected chi connectivity index (χ0v) is 15.6. The van der Waals surface area contributed by atoms with Crippen LogP contribution in [-0.2, 0) is 20.1 Å². The fourth-order valence-corrected chi connectivity index (χ4v) is 3.15. The van der Waals surface area contributed by atoms with Crippen LogP contribution >= 0.6 is 0 Å². The second kappa shape index (κ2) is 7.63. The minimum atomic E-state index is -0.415. The number of nitrogens with zero attached hydrogens (tertiary/aromatic N) is 3. The lowest BCUT2D eigenvalue weighted by atomic mass is 10.2. The minimum absolute atomic E-state index is 0. The van der Waals surface area contributed by atoms with Crippen LogP contribution in [0.25, 0.3) is 11.2 Å². The molecule has 1 N–H and O–H groups in total. The summed E-state index contributed by atoms with van der Waals surface area (Å²) in [6.07, 6.45) is 1.89. The summed E-state index contributed by atoms with van der Waals surface area (Å²) in [4.78, 5) is 27.7. The predicted molar refractivity (Wildman–Crippen MR) is 99.1 cm³/mol. The summed E-state index contributed by atoms with van der Waals surface area (Å²) in [5.74, 6) is 0. The van der Waals surface area contributed by atoms with E-state index >= 15 is 0 Å². The van der Waals surface area contributed by atoms with Crippen LogP contribution in [-0.4, -0.2) is 14.1 Å². The number of H-pyrrole nitrogens is 1. The van der Waals surface area contributed by atoms with Crippen molar-refractivity contribution >= 4 is 11.2 Å². The molecule has 0 fully saturated rings. The molecule has 27 heavy (non-hydrogen) atoms. The first-order chi connectivity index (χ1) is 12.6. The zero-order valence-electron chi connectivity index (χ0n) is 14.8. The van der Waals surface area contributed by atoms with E-state index in [4.69, 9.17) is 0 Å². The summed E-state index contributed by atoms with van der Waals surface area (Å²) in [7, 11) is 1.49. The van der Waals surface area contributed by atoms with E-state index in [9.17, 15) is 9.59 Å². The quantitative estimate of drug-likeness (QED) is 0.433. The maximum Gasteiger partial charge on any atom is 0.386 e. The van der Waals surface area contributed by atoms with Gasteiger partial charge in [0.1, 0.15) is 0 Å². The van der Waals surface area contributed by atoms with E-state index in [-0.39, 0.29) is 18.0 Å². The molecule has 2 aromatic carbocycles. The first kappa shape index (κ1) is 18.7. The van der Waals surface area contributed by atoms with Crippen LogP contribution in [0.2, 0.25) is 0 Å². The van der Waals surface area contributed by atoms with Crippen LogP contribution in [0.15, 0.2) is 76.6 Å². The number of nitrogens with one attached hydrogen (secondary N) is 1. The van der Waals surface area contributed by atoms with Crippen molar-refractivity contribution in [3.63, 3.8) is 0 Å². The first-order valence-electron chi connectivity index (χ1n) is 8.43. The Labute approximate surface area is 161 Å². The van der Waals surface area contributed by atoms with Crippen LogP contribution in [0.4, 0.5) is 0 Å². The van der Waals surface area contributed by atoms with Gasteiger partial charge in [0.25, 0.3) is 5.65 Å². The van der Waals surface area contributed by atoms with E-state index in [1.54, 1.807) is 0 Å². The molecule has 0 unspecified atom stereocenters. The third-order valence-electron chi connectivity index (χ3n) is 4.51. The molecular formula is C20H19ClN4O2.